The van der Waals surface area contributed by atoms with Crippen molar-refractivity contribution in [3.8, 4) is 5.88 Å². The molecule has 10 heteroatoms. The number of pyridine rings is 2. The Labute approximate surface area is 182 Å². The standard InChI is InChI=1S/C21H21ClF2N4O3/c1-11(13-7-16(22)20(26-8-13)31-10-17(23)24)28-9-15-14(21(28)30)4-5-25-19(15)27-18(29)6-12-2-3-12/h4-5,7-8,11-12,17H,2-3,6,9-10H2,1H3,(H,25,27,29). The van der Waals surface area contributed by atoms with Crippen molar-refractivity contribution in [2.24, 2.45) is 5.92 Å². The number of amides is 2. The molecule has 1 aliphatic heterocycles. The molecule has 1 saturated carbocycles. The Kier molecular flexibility index (Phi) is 6.04. The zero-order valence-corrected chi connectivity index (χ0v) is 17.5. The Bertz CT molecular complexity index is 1020. The van der Waals surface area contributed by atoms with Gasteiger partial charge in [-0.2, -0.15) is 0 Å². The van der Waals surface area contributed by atoms with Crippen LogP contribution in [0.15, 0.2) is 24.5 Å². The molecule has 0 spiro atoms. The maximum Gasteiger partial charge on any atom is 0.272 e. The van der Waals surface area contributed by atoms with Gasteiger partial charge < -0.3 is 15.0 Å². The van der Waals surface area contributed by atoms with Gasteiger partial charge >= 0.3 is 0 Å². The minimum absolute atomic E-state index is 0.0844. The molecule has 7 nitrogen and oxygen atoms in total. The smallest absolute Gasteiger partial charge is 0.272 e. The number of aromatic nitrogens is 2. The van der Waals surface area contributed by atoms with Gasteiger partial charge in [-0.1, -0.05) is 11.6 Å². The molecule has 0 bridgehead atoms. The van der Waals surface area contributed by atoms with Crippen LogP contribution in [0, 0.1) is 5.92 Å². The highest BCUT2D eigenvalue weighted by molar-refractivity contribution is 6.31. The van der Waals surface area contributed by atoms with Gasteiger partial charge in [0.05, 0.1) is 12.6 Å². The summed E-state index contributed by atoms with van der Waals surface area (Å²) in [6.07, 6.45) is 2.92. The van der Waals surface area contributed by atoms with E-state index in [1.807, 2.05) is 6.92 Å². The second kappa shape index (κ2) is 8.74. The third-order valence-corrected chi connectivity index (χ3v) is 5.70. The van der Waals surface area contributed by atoms with E-state index in [0.29, 0.717) is 34.8 Å². The van der Waals surface area contributed by atoms with E-state index in [2.05, 4.69) is 15.3 Å². The van der Waals surface area contributed by atoms with Crippen molar-refractivity contribution in [3.63, 3.8) is 0 Å². The van der Waals surface area contributed by atoms with Crippen LogP contribution in [0.3, 0.4) is 0 Å². The first-order valence-electron chi connectivity index (χ1n) is 9.98. The van der Waals surface area contributed by atoms with Crippen LogP contribution in [-0.4, -0.2) is 39.7 Å². The monoisotopic (exact) mass is 450 g/mol. The highest BCUT2D eigenvalue weighted by atomic mass is 35.5. The molecule has 1 atom stereocenters. The van der Waals surface area contributed by atoms with Gasteiger partial charge in [0.1, 0.15) is 10.8 Å². The van der Waals surface area contributed by atoms with Crippen LogP contribution in [0.25, 0.3) is 0 Å². The lowest BCUT2D eigenvalue weighted by Crippen LogP contribution is -2.27. The molecule has 2 amide bonds. The van der Waals surface area contributed by atoms with Gasteiger partial charge in [0.25, 0.3) is 12.3 Å². The van der Waals surface area contributed by atoms with Crippen molar-refractivity contribution in [3.05, 3.63) is 46.2 Å². The van der Waals surface area contributed by atoms with Crippen LogP contribution in [0.1, 0.15) is 53.7 Å². The number of anilines is 1. The molecule has 0 radical (unpaired) electrons. The zero-order valence-electron chi connectivity index (χ0n) is 16.8. The number of fused-ring (bicyclic) bond motifs is 1. The van der Waals surface area contributed by atoms with Crippen LogP contribution >= 0.6 is 11.6 Å². The fourth-order valence-electron chi connectivity index (χ4n) is 3.53. The summed E-state index contributed by atoms with van der Waals surface area (Å²) in [5, 5.41) is 2.92. The van der Waals surface area contributed by atoms with E-state index >= 15 is 0 Å². The van der Waals surface area contributed by atoms with Crippen molar-refractivity contribution < 1.29 is 23.1 Å². The second-order valence-electron chi connectivity index (χ2n) is 7.75. The fraction of sp³-hybridized carbons (Fsp3) is 0.429. The molecule has 3 heterocycles. The van der Waals surface area contributed by atoms with E-state index in [1.165, 1.54) is 12.4 Å². The number of hydrogen-bond donors (Lipinski definition) is 1. The third-order valence-electron chi connectivity index (χ3n) is 5.43. The molecule has 2 aromatic heterocycles. The zero-order chi connectivity index (χ0) is 22.1. The molecule has 1 aliphatic carbocycles. The first-order valence-corrected chi connectivity index (χ1v) is 10.4. The van der Waals surface area contributed by atoms with Crippen molar-refractivity contribution >= 4 is 29.2 Å². The molecule has 31 heavy (non-hydrogen) atoms. The van der Waals surface area contributed by atoms with Crippen LogP contribution in [0.2, 0.25) is 5.02 Å². The van der Waals surface area contributed by atoms with Crippen molar-refractivity contribution in [2.75, 3.05) is 11.9 Å². The summed E-state index contributed by atoms with van der Waals surface area (Å²) in [6, 6.07) is 2.78. The normalized spacial score (nSPS) is 16.4. The summed E-state index contributed by atoms with van der Waals surface area (Å²) in [4.78, 5) is 35.1. The van der Waals surface area contributed by atoms with Crippen molar-refractivity contribution in [1.82, 2.24) is 14.9 Å². The van der Waals surface area contributed by atoms with Crippen LogP contribution in [0.5, 0.6) is 5.88 Å². The van der Waals surface area contributed by atoms with E-state index in [0.717, 1.165) is 12.8 Å². The Morgan fingerprint density at radius 2 is 2.16 bits per heavy atom. The molecular weight excluding hydrogens is 430 g/mol. The molecule has 0 aromatic carbocycles. The molecule has 2 aromatic rings. The van der Waals surface area contributed by atoms with Gasteiger partial charge in [-0.3, -0.25) is 9.59 Å². The first-order chi connectivity index (χ1) is 14.8. The number of rotatable bonds is 8. The summed E-state index contributed by atoms with van der Waals surface area (Å²) < 4.78 is 29.6. The highest BCUT2D eigenvalue weighted by Gasteiger charge is 2.34. The van der Waals surface area contributed by atoms with E-state index < -0.39 is 19.1 Å². The van der Waals surface area contributed by atoms with Gasteiger partial charge in [0, 0.05) is 29.9 Å². The van der Waals surface area contributed by atoms with Crippen molar-refractivity contribution in [2.45, 2.75) is 45.2 Å². The fourth-order valence-corrected chi connectivity index (χ4v) is 3.76. The number of hydrogen-bond acceptors (Lipinski definition) is 5. The Morgan fingerprint density at radius 1 is 1.39 bits per heavy atom. The third kappa shape index (κ3) is 4.76. The maximum absolute atomic E-state index is 13.0. The highest BCUT2D eigenvalue weighted by Crippen LogP contribution is 2.36. The number of halogens is 3. The number of carbonyl (C=O) groups is 2. The lowest BCUT2D eigenvalue weighted by atomic mass is 10.1. The van der Waals surface area contributed by atoms with Crippen LogP contribution in [0.4, 0.5) is 14.6 Å². The Morgan fingerprint density at radius 3 is 2.84 bits per heavy atom. The van der Waals surface area contributed by atoms with Gasteiger partial charge in [0.2, 0.25) is 11.8 Å². The lowest BCUT2D eigenvalue weighted by molar-refractivity contribution is -0.116. The molecular formula is C21H21ClF2N4O3. The predicted octanol–water partition coefficient (Wildman–Crippen LogP) is 4.23. The summed E-state index contributed by atoms with van der Waals surface area (Å²) in [7, 11) is 0. The minimum atomic E-state index is -2.63. The summed E-state index contributed by atoms with van der Waals surface area (Å²) in [6.45, 7) is 1.28. The summed E-state index contributed by atoms with van der Waals surface area (Å²) in [5.74, 6) is 0.464. The summed E-state index contributed by atoms with van der Waals surface area (Å²) >= 11 is 6.12. The topological polar surface area (TPSA) is 84.4 Å². The number of alkyl halides is 2. The number of nitrogens with zero attached hydrogens (tertiary/aromatic N) is 3. The lowest BCUT2D eigenvalue weighted by Gasteiger charge is -2.25. The van der Waals surface area contributed by atoms with E-state index in [4.69, 9.17) is 16.3 Å². The van der Waals surface area contributed by atoms with Gasteiger partial charge in [-0.15, -0.1) is 0 Å². The van der Waals surface area contributed by atoms with Crippen LogP contribution in [-0.2, 0) is 11.3 Å². The number of carbonyl (C=O) groups excluding carboxylic acids is 2. The molecule has 164 valence electrons. The quantitative estimate of drug-likeness (QED) is 0.650. The average Bonchev–Trinajstić information content (AvgIpc) is 3.47. The minimum Gasteiger partial charge on any atom is -0.471 e. The van der Waals surface area contributed by atoms with Gasteiger partial charge in [-0.25, -0.2) is 18.7 Å². The Balaban J connectivity index is 1.49. The van der Waals surface area contributed by atoms with Gasteiger partial charge in [-0.05, 0) is 43.4 Å². The number of ether oxygens (including phenoxy) is 1. The molecule has 0 saturated heterocycles. The maximum atomic E-state index is 13.0. The Hall–Kier alpha value is -2.81. The average molecular weight is 451 g/mol. The van der Waals surface area contributed by atoms with E-state index in [1.54, 1.807) is 17.0 Å². The second-order valence-corrected chi connectivity index (χ2v) is 8.16. The van der Waals surface area contributed by atoms with Crippen molar-refractivity contribution in [1.29, 1.82) is 0 Å². The van der Waals surface area contributed by atoms with E-state index in [9.17, 15) is 18.4 Å². The van der Waals surface area contributed by atoms with Gasteiger partial charge in [0.15, 0.2) is 6.61 Å². The molecule has 1 fully saturated rings. The van der Waals surface area contributed by atoms with E-state index in [-0.39, 0.29) is 29.3 Å². The molecule has 1 N–H and O–H groups in total. The number of nitrogens with one attached hydrogen (secondary N) is 1. The molecule has 1 unspecified atom stereocenters. The summed E-state index contributed by atoms with van der Waals surface area (Å²) in [5.41, 5.74) is 1.78. The van der Waals surface area contributed by atoms with Crippen LogP contribution < -0.4 is 10.1 Å². The first kappa shape index (κ1) is 21.4. The largest absolute Gasteiger partial charge is 0.471 e. The molecule has 4 rings (SSSR count). The SMILES string of the molecule is CC(c1cnc(OCC(F)F)c(Cl)c1)N1Cc2c(ccnc2NC(=O)CC2CC2)C1=O. The predicted molar refractivity (Wildman–Crippen MR) is 109 cm³/mol. The molecule has 2 aliphatic rings.